The molecular formula is C18H18N2O. The van der Waals surface area contributed by atoms with Crippen molar-refractivity contribution in [3.8, 4) is 22.4 Å². The maximum absolute atomic E-state index is 6.02. The van der Waals surface area contributed by atoms with Crippen molar-refractivity contribution in [3.63, 3.8) is 0 Å². The van der Waals surface area contributed by atoms with E-state index in [0.717, 1.165) is 27.9 Å². The van der Waals surface area contributed by atoms with Gasteiger partial charge in [0.05, 0.1) is 5.56 Å². The Morgan fingerprint density at radius 2 is 1.67 bits per heavy atom. The smallest absolute Gasteiger partial charge is 0.230 e. The van der Waals surface area contributed by atoms with E-state index in [9.17, 15) is 0 Å². The average molecular weight is 278 g/mol. The molecule has 106 valence electrons. The number of nitrogen functional groups attached to an aromatic ring is 1. The van der Waals surface area contributed by atoms with Crippen LogP contribution < -0.4 is 5.73 Å². The lowest BCUT2D eigenvalue weighted by Gasteiger charge is -2.07. The second-order valence-corrected chi connectivity index (χ2v) is 5.38. The highest BCUT2D eigenvalue weighted by Gasteiger charge is 2.18. The summed E-state index contributed by atoms with van der Waals surface area (Å²) in [7, 11) is 0. The van der Waals surface area contributed by atoms with Crippen LogP contribution in [0.4, 0.5) is 5.88 Å². The third-order valence-corrected chi connectivity index (χ3v) is 3.91. The Kier molecular flexibility index (Phi) is 3.26. The lowest BCUT2D eigenvalue weighted by molar-refractivity contribution is 0.439. The van der Waals surface area contributed by atoms with Crippen LogP contribution in [0.25, 0.3) is 22.4 Å². The van der Waals surface area contributed by atoms with Crippen molar-refractivity contribution >= 4 is 5.88 Å². The number of rotatable bonds is 2. The molecule has 0 spiro atoms. The highest BCUT2D eigenvalue weighted by atomic mass is 16.5. The number of anilines is 1. The van der Waals surface area contributed by atoms with Crippen LogP contribution in [-0.2, 0) is 0 Å². The normalized spacial score (nSPS) is 10.8. The van der Waals surface area contributed by atoms with E-state index in [0.29, 0.717) is 5.88 Å². The Hall–Kier alpha value is -2.55. The molecule has 21 heavy (non-hydrogen) atoms. The summed E-state index contributed by atoms with van der Waals surface area (Å²) in [5.41, 5.74) is 13.4. The zero-order chi connectivity index (χ0) is 15.0. The number of aromatic nitrogens is 1. The van der Waals surface area contributed by atoms with Crippen molar-refractivity contribution in [3.05, 3.63) is 59.2 Å². The van der Waals surface area contributed by atoms with Gasteiger partial charge in [0.15, 0.2) is 0 Å². The Morgan fingerprint density at radius 3 is 2.38 bits per heavy atom. The highest BCUT2D eigenvalue weighted by Crippen LogP contribution is 2.37. The van der Waals surface area contributed by atoms with Gasteiger partial charge in [-0.05, 0) is 43.0 Å². The summed E-state index contributed by atoms with van der Waals surface area (Å²) in [6.07, 6.45) is 0. The molecule has 3 heteroatoms. The van der Waals surface area contributed by atoms with Gasteiger partial charge in [0.25, 0.3) is 0 Å². The van der Waals surface area contributed by atoms with Crippen LogP contribution >= 0.6 is 0 Å². The van der Waals surface area contributed by atoms with Crippen molar-refractivity contribution in [2.75, 3.05) is 5.73 Å². The third kappa shape index (κ3) is 2.31. The molecule has 0 aliphatic rings. The first-order valence-electron chi connectivity index (χ1n) is 6.96. The number of nitrogens with two attached hydrogens (primary N) is 1. The Balaban J connectivity index is 2.22. The lowest BCUT2D eigenvalue weighted by atomic mass is 9.96. The summed E-state index contributed by atoms with van der Waals surface area (Å²) in [5.74, 6) is 0.358. The van der Waals surface area contributed by atoms with Crippen LogP contribution in [0.2, 0.25) is 0 Å². The minimum Gasteiger partial charge on any atom is -0.367 e. The number of hydrogen-bond donors (Lipinski definition) is 1. The third-order valence-electron chi connectivity index (χ3n) is 3.91. The van der Waals surface area contributed by atoms with Gasteiger partial charge < -0.3 is 10.3 Å². The van der Waals surface area contributed by atoms with Gasteiger partial charge >= 0.3 is 0 Å². The zero-order valence-electron chi connectivity index (χ0n) is 12.5. The quantitative estimate of drug-likeness (QED) is 0.750. The van der Waals surface area contributed by atoms with E-state index in [4.69, 9.17) is 10.3 Å². The standard InChI is InChI=1S/C18H18N2O/c1-11-8-9-14(10-13(11)3)16-17(20-21-18(16)19)15-7-5-4-6-12(15)2/h4-10H,19H2,1-3H3. The van der Waals surface area contributed by atoms with E-state index < -0.39 is 0 Å². The maximum atomic E-state index is 6.02. The monoisotopic (exact) mass is 278 g/mol. The first-order chi connectivity index (χ1) is 10.1. The van der Waals surface area contributed by atoms with Crippen molar-refractivity contribution in [2.45, 2.75) is 20.8 Å². The van der Waals surface area contributed by atoms with Crippen LogP contribution in [0.1, 0.15) is 16.7 Å². The summed E-state index contributed by atoms with van der Waals surface area (Å²) in [6, 6.07) is 14.4. The molecule has 0 saturated heterocycles. The first kappa shape index (κ1) is 13.4. The van der Waals surface area contributed by atoms with Gasteiger partial charge in [0.1, 0.15) is 5.69 Å². The lowest BCUT2D eigenvalue weighted by Crippen LogP contribution is -1.91. The van der Waals surface area contributed by atoms with E-state index in [1.165, 1.54) is 11.1 Å². The fraction of sp³-hybridized carbons (Fsp3) is 0.167. The molecule has 3 aromatic rings. The number of hydrogen-bond acceptors (Lipinski definition) is 3. The number of nitrogens with zero attached hydrogens (tertiary/aromatic N) is 1. The molecule has 1 aromatic heterocycles. The second-order valence-electron chi connectivity index (χ2n) is 5.38. The summed E-state index contributed by atoms with van der Waals surface area (Å²) in [6.45, 7) is 6.25. The van der Waals surface area contributed by atoms with Crippen LogP contribution in [-0.4, -0.2) is 5.16 Å². The Bertz CT molecular complexity index is 803. The molecule has 0 radical (unpaired) electrons. The van der Waals surface area contributed by atoms with E-state index in [1.54, 1.807) is 0 Å². The average Bonchev–Trinajstić information content (AvgIpc) is 2.84. The molecule has 0 unspecified atom stereocenters. The summed E-state index contributed by atoms with van der Waals surface area (Å²) < 4.78 is 5.26. The summed E-state index contributed by atoms with van der Waals surface area (Å²) >= 11 is 0. The first-order valence-corrected chi connectivity index (χ1v) is 6.96. The van der Waals surface area contributed by atoms with Gasteiger partial charge in [-0.1, -0.05) is 47.6 Å². The van der Waals surface area contributed by atoms with Crippen molar-refractivity contribution < 1.29 is 4.52 Å². The van der Waals surface area contributed by atoms with E-state index in [1.807, 2.05) is 18.2 Å². The Labute approximate surface area is 124 Å². The molecule has 0 aliphatic carbocycles. The van der Waals surface area contributed by atoms with Gasteiger partial charge in [-0.25, -0.2) is 0 Å². The van der Waals surface area contributed by atoms with Gasteiger partial charge in [0.2, 0.25) is 5.88 Å². The second kappa shape index (κ2) is 5.09. The van der Waals surface area contributed by atoms with E-state index >= 15 is 0 Å². The molecule has 2 N–H and O–H groups in total. The van der Waals surface area contributed by atoms with E-state index in [2.05, 4.69) is 50.2 Å². The van der Waals surface area contributed by atoms with Crippen molar-refractivity contribution in [1.29, 1.82) is 0 Å². The molecule has 1 heterocycles. The van der Waals surface area contributed by atoms with Crippen LogP contribution in [0.3, 0.4) is 0 Å². The van der Waals surface area contributed by atoms with Crippen molar-refractivity contribution in [1.82, 2.24) is 5.16 Å². The fourth-order valence-corrected chi connectivity index (χ4v) is 2.50. The Morgan fingerprint density at radius 1 is 0.905 bits per heavy atom. The topological polar surface area (TPSA) is 52.0 Å². The highest BCUT2D eigenvalue weighted by molar-refractivity contribution is 5.88. The van der Waals surface area contributed by atoms with Gasteiger partial charge in [-0.2, -0.15) is 0 Å². The molecule has 0 bridgehead atoms. The molecule has 0 saturated carbocycles. The molecule has 2 aromatic carbocycles. The van der Waals surface area contributed by atoms with Crippen LogP contribution in [0.15, 0.2) is 47.0 Å². The molecule has 0 atom stereocenters. The van der Waals surface area contributed by atoms with Crippen LogP contribution in [0.5, 0.6) is 0 Å². The zero-order valence-corrected chi connectivity index (χ0v) is 12.5. The van der Waals surface area contributed by atoms with E-state index in [-0.39, 0.29) is 0 Å². The SMILES string of the molecule is Cc1ccc(-c2c(-c3ccccc3C)noc2N)cc1C. The van der Waals surface area contributed by atoms with Crippen molar-refractivity contribution in [2.24, 2.45) is 0 Å². The molecule has 0 amide bonds. The number of aryl methyl sites for hydroxylation is 3. The minimum atomic E-state index is 0.358. The molecule has 3 nitrogen and oxygen atoms in total. The summed E-state index contributed by atoms with van der Waals surface area (Å²) in [4.78, 5) is 0. The summed E-state index contributed by atoms with van der Waals surface area (Å²) in [5, 5.41) is 4.18. The van der Waals surface area contributed by atoms with Crippen LogP contribution in [0, 0.1) is 20.8 Å². The molecular weight excluding hydrogens is 260 g/mol. The minimum absolute atomic E-state index is 0.358. The molecule has 0 fully saturated rings. The molecule has 0 aliphatic heterocycles. The maximum Gasteiger partial charge on any atom is 0.230 e. The number of benzene rings is 2. The van der Waals surface area contributed by atoms with Gasteiger partial charge in [-0.3, -0.25) is 0 Å². The predicted octanol–water partition coefficient (Wildman–Crippen LogP) is 4.52. The molecule has 3 rings (SSSR count). The largest absolute Gasteiger partial charge is 0.367 e. The fourth-order valence-electron chi connectivity index (χ4n) is 2.50. The van der Waals surface area contributed by atoms with Gasteiger partial charge in [-0.15, -0.1) is 0 Å². The predicted molar refractivity (Wildman–Crippen MR) is 86.0 cm³/mol. The van der Waals surface area contributed by atoms with Gasteiger partial charge in [0, 0.05) is 5.56 Å².